The summed E-state index contributed by atoms with van der Waals surface area (Å²) in [7, 11) is 2.17. The number of allylic oxidation sites excluding steroid dienone is 1. The molecule has 0 heterocycles. The Hall–Kier alpha value is -5.60. The van der Waals surface area contributed by atoms with Crippen LogP contribution >= 0.6 is 0 Å². The van der Waals surface area contributed by atoms with Crippen LogP contribution in [-0.2, 0) is 6.42 Å². The molecule has 0 bridgehead atoms. The summed E-state index contributed by atoms with van der Waals surface area (Å²) < 4.78 is 0. The molecule has 47 heavy (non-hydrogen) atoms. The van der Waals surface area contributed by atoms with E-state index >= 15 is 0 Å². The summed E-state index contributed by atoms with van der Waals surface area (Å²) in [6.07, 6.45) is 6.65. The van der Waals surface area contributed by atoms with E-state index in [-0.39, 0.29) is 0 Å². The van der Waals surface area contributed by atoms with Gasteiger partial charge in [-0.05, 0) is 99.8 Å². The molecule has 2 heteroatoms. The highest BCUT2D eigenvalue weighted by Gasteiger charge is 2.20. The SMILES string of the molecule is CC.CN(c1ccc(N(c2cccc(-c3ccccc3)c2)c2cccc3c2CCC=C3)cc1)c1cc2ccccc2c2ccccc12. The number of benzene rings is 7. The lowest BCUT2D eigenvalue weighted by Crippen LogP contribution is -2.14. The number of anilines is 5. The topological polar surface area (TPSA) is 6.48 Å². The molecule has 0 saturated carbocycles. The molecule has 7 aromatic rings. The summed E-state index contributed by atoms with van der Waals surface area (Å²) in [6, 6.07) is 55.0. The number of hydrogen-bond donors (Lipinski definition) is 0. The molecule has 0 spiro atoms. The van der Waals surface area contributed by atoms with Gasteiger partial charge in [-0.3, -0.25) is 0 Å². The van der Waals surface area contributed by atoms with Crippen molar-refractivity contribution in [1.29, 1.82) is 0 Å². The van der Waals surface area contributed by atoms with Gasteiger partial charge in [-0.2, -0.15) is 0 Å². The van der Waals surface area contributed by atoms with Gasteiger partial charge < -0.3 is 9.80 Å². The maximum absolute atomic E-state index is 2.43. The summed E-state index contributed by atoms with van der Waals surface area (Å²) in [5.41, 5.74) is 11.0. The third-order valence-corrected chi connectivity index (χ3v) is 9.10. The summed E-state index contributed by atoms with van der Waals surface area (Å²) >= 11 is 0. The van der Waals surface area contributed by atoms with Crippen molar-refractivity contribution in [3.05, 3.63) is 169 Å². The van der Waals surface area contributed by atoms with Crippen LogP contribution in [0, 0.1) is 0 Å². The van der Waals surface area contributed by atoms with Crippen molar-refractivity contribution in [1.82, 2.24) is 0 Å². The molecule has 0 atom stereocenters. The molecule has 0 aromatic heterocycles. The fourth-order valence-electron chi connectivity index (χ4n) is 6.83. The monoisotopic (exact) mass is 608 g/mol. The molecule has 0 aliphatic heterocycles. The number of rotatable bonds is 6. The van der Waals surface area contributed by atoms with E-state index in [1.807, 2.05) is 13.8 Å². The van der Waals surface area contributed by atoms with Gasteiger partial charge in [0.1, 0.15) is 0 Å². The molecule has 0 unspecified atom stereocenters. The van der Waals surface area contributed by atoms with Gasteiger partial charge >= 0.3 is 0 Å². The highest BCUT2D eigenvalue weighted by molar-refractivity contribution is 6.13. The molecule has 2 nitrogen and oxygen atoms in total. The highest BCUT2D eigenvalue weighted by Crippen LogP contribution is 2.42. The van der Waals surface area contributed by atoms with Crippen LogP contribution in [0.2, 0.25) is 0 Å². The van der Waals surface area contributed by atoms with Crippen molar-refractivity contribution in [2.24, 2.45) is 0 Å². The Morgan fingerprint density at radius 1 is 0.489 bits per heavy atom. The number of fused-ring (bicyclic) bond motifs is 4. The van der Waals surface area contributed by atoms with E-state index in [0.717, 1.165) is 29.9 Å². The van der Waals surface area contributed by atoms with E-state index in [1.54, 1.807) is 0 Å². The highest BCUT2D eigenvalue weighted by atomic mass is 15.1. The fourth-order valence-corrected chi connectivity index (χ4v) is 6.83. The average Bonchev–Trinajstić information content (AvgIpc) is 3.16. The van der Waals surface area contributed by atoms with Crippen LogP contribution < -0.4 is 9.80 Å². The van der Waals surface area contributed by atoms with Crippen molar-refractivity contribution in [2.45, 2.75) is 26.7 Å². The maximum atomic E-state index is 2.43. The van der Waals surface area contributed by atoms with E-state index in [2.05, 4.69) is 181 Å². The van der Waals surface area contributed by atoms with Gasteiger partial charge in [0.05, 0.1) is 0 Å². The summed E-state index contributed by atoms with van der Waals surface area (Å²) in [5, 5.41) is 5.07. The van der Waals surface area contributed by atoms with Gasteiger partial charge in [-0.1, -0.05) is 129 Å². The summed E-state index contributed by atoms with van der Waals surface area (Å²) in [5.74, 6) is 0. The Labute approximate surface area is 278 Å². The van der Waals surface area contributed by atoms with Gasteiger partial charge in [0.15, 0.2) is 0 Å². The van der Waals surface area contributed by atoms with Crippen molar-refractivity contribution < 1.29 is 0 Å². The first-order valence-corrected chi connectivity index (χ1v) is 16.7. The average molecular weight is 609 g/mol. The second kappa shape index (κ2) is 13.4. The molecular formula is C45H40N2. The Bertz CT molecular complexity index is 2180. The maximum Gasteiger partial charge on any atom is 0.0499 e. The third-order valence-electron chi connectivity index (χ3n) is 9.10. The van der Waals surface area contributed by atoms with Gasteiger partial charge in [0.2, 0.25) is 0 Å². The lowest BCUT2D eigenvalue weighted by molar-refractivity contribution is 0.979. The normalized spacial score (nSPS) is 11.9. The molecule has 0 fully saturated rings. The van der Waals surface area contributed by atoms with E-state index in [0.29, 0.717) is 0 Å². The van der Waals surface area contributed by atoms with Gasteiger partial charge in [-0.15, -0.1) is 0 Å². The fraction of sp³-hybridized carbons (Fsp3) is 0.111. The molecule has 1 aliphatic rings. The van der Waals surface area contributed by atoms with Crippen LogP contribution in [0.15, 0.2) is 158 Å². The van der Waals surface area contributed by atoms with Crippen LogP contribution in [0.1, 0.15) is 31.4 Å². The van der Waals surface area contributed by atoms with Crippen LogP contribution in [0.3, 0.4) is 0 Å². The second-order valence-electron chi connectivity index (χ2n) is 11.8. The summed E-state index contributed by atoms with van der Waals surface area (Å²) in [4.78, 5) is 4.74. The van der Waals surface area contributed by atoms with Gasteiger partial charge in [0.25, 0.3) is 0 Å². The Kier molecular flexibility index (Phi) is 8.58. The zero-order valence-electron chi connectivity index (χ0n) is 27.4. The zero-order chi connectivity index (χ0) is 32.2. The minimum absolute atomic E-state index is 1.03. The number of nitrogens with zero attached hydrogens (tertiary/aromatic N) is 2. The molecular weight excluding hydrogens is 569 g/mol. The van der Waals surface area contributed by atoms with Crippen LogP contribution in [0.4, 0.5) is 28.4 Å². The second-order valence-corrected chi connectivity index (χ2v) is 11.8. The molecule has 0 radical (unpaired) electrons. The smallest absolute Gasteiger partial charge is 0.0499 e. The van der Waals surface area contributed by atoms with Gasteiger partial charge in [-0.25, -0.2) is 0 Å². The van der Waals surface area contributed by atoms with Crippen molar-refractivity contribution in [3.63, 3.8) is 0 Å². The predicted molar refractivity (Wildman–Crippen MR) is 205 cm³/mol. The molecule has 1 aliphatic carbocycles. The first kappa shape index (κ1) is 30.1. The Morgan fingerprint density at radius 3 is 1.96 bits per heavy atom. The van der Waals surface area contributed by atoms with E-state index in [9.17, 15) is 0 Å². The van der Waals surface area contributed by atoms with E-state index in [1.165, 1.54) is 55.2 Å². The van der Waals surface area contributed by atoms with Gasteiger partial charge in [0, 0.05) is 40.9 Å². The standard InChI is InChI=1S/C43H34N2.C2H6/c1-44(43-30-34-16-6-7-20-38(34)40-22-9-10-23-41(40)43)35-25-27-36(28-26-35)45(42-24-12-17-32-15-5-8-21-39(32)42)37-19-11-18-33(29-37)31-13-3-2-4-14-31;1-2/h2-7,9-20,22-30H,8,21H2,1H3;1-2H3. The van der Waals surface area contributed by atoms with Crippen molar-refractivity contribution in [2.75, 3.05) is 16.8 Å². The van der Waals surface area contributed by atoms with Crippen LogP contribution in [-0.4, -0.2) is 7.05 Å². The largest absolute Gasteiger partial charge is 0.344 e. The first-order valence-electron chi connectivity index (χ1n) is 16.7. The molecule has 0 N–H and O–H groups in total. The Balaban J connectivity index is 0.00000172. The minimum Gasteiger partial charge on any atom is -0.344 e. The molecule has 8 rings (SSSR count). The third kappa shape index (κ3) is 5.79. The lowest BCUT2D eigenvalue weighted by Gasteiger charge is -2.30. The molecule has 0 saturated heterocycles. The molecule has 0 amide bonds. The number of hydrogen-bond acceptors (Lipinski definition) is 2. The zero-order valence-corrected chi connectivity index (χ0v) is 27.4. The van der Waals surface area contributed by atoms with E-state index < -0.39 is 0 Å². The van der Waals surface area contributed by atoms with Crippen LogP contribution in [0.5, 0.6) is 0 Å². The first-order chi connectivity index (χ1) is 23.2. The van der Waals surface area contributed by atoms with E-state index in [4.69, 9.17) is 0 Å². The quantitative estimate of drug-likeness (QED) is 0.173. The molecule has 7 aromatic carbocycles. The predicted octanol–water partition coefficient (Wildman–Crippen LogP) is 12.9. The van der Waals surface area contributed by atoms with Crippen molar-refractivity contribution in [3.8, 4) is 11.1 Å². The lowest BCUT2D eigenvalue weighted by atomic mass is 9.94. The minimum atomic E-state index is 1.03. The van der Waals surface area contributed by atoms with Crippen molar-refractivity contribution >= 4 is 56.1 Å². The Morgan fingerprint density at radius 2 is 1.15 bits per heavy atom. The molecule has 230 valence electrons. The summed E-state index contributed by atoms with van der Waals surface area (Å²) in [6.45, 7) is 4.00. The van der Waals surface area contributed by atoms with Crippen LogP contribution in [0.25, 0.3) is 38.7 Å².